The number of nitrogens with zero attached hydrogens (tertiary/aromatic N) is 4. The molecule has 2 amide bonds. The minimum absolute atomic E-state index is 0.0521. The molecule has 0 atom stereocenters. The summed E-state index contributed by atoms with van der Waals surface area (Å²) >= 11 is 0. The standard InChI is InChI=1S/C27H30N4O2/c1-21-9-15-31-20-23(28-24(31)19-21)25(32)29-17-12-27(13-18-29)11-5-6-14-30(26(27)33)16-10-22-7-3-2-4-8-22/h2-9,15,19-20H,10-14,16-18H2,1H3. The molecule has 2 aromatic heterocycles. The Balaban J connectivity index is 1.26. The van der Waals surface area contributed by atoms with E-state index in [1.165, 1.54) is 5.56 Å². The summed E-state index contributed by atoms with van der Waals surface area (Å²) in [7, 11) is 0. The van der Waals surface area contributed by atoms with Crippen LogP contribution in [0.15, 0.2) is 67.0 Å². The van der Waals surface area contributed by atoms with E-state index in [4.69, 9.17) is 0 Å². The summed E-state index contributed by atoms with van der Waals surface area (Å²) in [6.07, 6.45) is 11.0. The lowest BCUT2D eigenvalue weighted by molar-refractivity contribution is -0.143. The topological polar surface area (TPSA) is 57.9 Å². The number of carbonyl (C=O) groups excluding carboxylic acids is 2. The molecule has 2 aliphatic rings. The molecule has 170 valence electrons. The third kappa shape index (κ3) is 4.30. The Labute approximate surface area is 194 Å². The summed E-state index contributed by atoms with van der Waals surface area (Å²) in [5.41, 5.74) is 3.20. The van der Waals surface area contributed by atoms with Gasteiger partial charge in [-0.15, -0.1) is 0 Å². The second kappa shape index (κ2) is 8.85. The highest BCUT2D eigenvalue weighted by Crippen LogP contribution is 2.39. The van der Waals surface area contributed by atoms with Crippen molar-refractivity contribution in [3.8, 4) is 0 Å². The summed E-state index contributed by atoms with van der Waals surface area (Å²) in [6, 6.07) is 14.3. The van der Waals surface area contributed by atoms with Crippen LogP contribution in [0.4, 0.5) is 0 Å². The van der Waals surface area contributed by atoms with Crippen LogP contribution in [0.3, 0.4) is 0 Å². The maximum absolute atomic E-state index is 13.6. The highest BCUT2D eigenvalue weighted by atomic mass is 16.2. The predicted octanol–water partition coefficient (Wildman–Crippen LogP) is 3.90. The fourth-order valence-corrected chi connectivity index (χ4v) is 5.02. The Kier molecular flexibility index (Phi) is 5.75. The minimum Gasteiger partial charge on any atom is -0.338 e. The number of aryl methyl sites for hydroxylation is 1. The first-order chi connectivity index (χ1) is 16.0. The molecular weight excluding hydrogens is 412 g/mol. The molecule has 6 heteroatoms. The van der Waals surface area contributed by atoms with Gasteiger partial charge in [0.1, 0.15) is 11.3 Å². The van der Waals surface area contributed by atoms with Gasteiger partial charge in [0.25, 0.3) is 5.91 Å². The zero-order chi connectivity index (χ0) is 22.8. The van der Waals surface area contributed by atoms with Gasteiger partial charge in [0.15, 0.2) is 0 Å². The maximum atomic E-state index is 13.6. The van der Waals surface area contributed by atoms with Crippen molar-refractivity contribution in [1.29, 1.82) is 0 Å². The third-order valence-corrected chi connectivity index (χ3v) is 7.10. The van der Waals surface area contributed by atoms with Gasteiger partial charge in [-0.25, -0.2) is 4.98 Å². The van der Waals surface area contributed by atoms with Crippen LogP contribution in [0, 0.1) is 12.3 Å². The number of amides is 2. The van der Waals surface area contributed by atoms with Crippen molar-refractivity contribution in [1.82, 2.24) is 19.2 Å². The van der Waals surface area contributed by atoms with Crippen molar-refractivity contribution in [3.63, 3.8) is 0 Å². The van der Waals surface area contributed by atoms with Crippen LogP contribution >= 0.6 is 0 Å². The predicted molar refractivity (Wildman–Crippen MR) is 128 cm³/mol. The van der Waals surface area contributed by atoms with Crippen molar-refractivity contribution >= 4 is 17.5 Å². The Hall–Kier alpha value is -3.41. The molecular formula is C27H30N4O2. The van der Waals surface area contributed by atoms with E-state index in [1.54, 1.807) is 6.20 Å². The summed E-state index contributed by atoms with van der Waals surface area (Å²) in [5.74, 6) is 0.183. The fourth-order valence-electron chi connectivity index (χ4n) is 5.02. The smallest absolute Gasteiger partial charge is 0.274 e. The second-order valence-electron chi connectivity index (χ2n) is 9.33. The molecule has 1 fully saturated rings. The number of likely N-dealkylation sites (tertiary alicyclic amines) is 1. The van der Waals surface area contributed by atoms with Gasteiger partial charge in [-0.1, -0.05) is 42.5 Å². The molecule has 1 saturated heterocycles. The van der Waals surface area contributed by atoms with Gasteiger partial charge in [-0.3, -0.25) is 9.59 Å². The molecule has 1 aromatic carbocycles. The first kappa shape index (κ1) is 21.4. The largest absolute Gasteiger partial charge is 0.338 e. The second-order valence-corrected chi connectivity index (χ2v) is 9.33. The number of hydrogen-bond donors (Lipinski definition) is 0. The van der Waals surface area contributed by atoms with Crippen molar-refractivity contribution < 1.29 is 9.59 Å². The molecule has 0 bridgehead atoms. The van der Waals surface area contributed by atoms with Gasteiger partial charge < -0.3 is 14.2 Å². The molecule has 0 unspecified atom stereocenters. The van der Waals surface area contributed by atoms with Gasteiger partial charge in [-0.2, -0.15) is 0 Å². The number of piperidine rings is 1. The summed E-state index contributed by atoms with van der Waals surface area (Å²) in [6.45, 7) is 4.56. The Morgan fingerprint density at radius 3 is 2.67 bits per heavy atom. The molecule has 2 aliphatic heterocycles. The molecule has 0 radical (unpaired) electrons. The van der Waals surface area contributed by atoms with Gasteiger partial charge in [0, 0.05) is 38.6 Å². The van der Waals surface area contributed by atoms with Crippen molar-refractivity contribution in [2.75, 3.05) is 26.2 Å². The monoisotopic (exact) mass is 442 g/mol. The van der Waals surface area contributed by atoms with Crippen LogP contribution in [0.5, 0.6) is 0 Å². The first-order valence-corrected chi connectivity index (χ1v) is 11.8. The van der Waals surface area contributed by atoms with E-state index in [0.717, 1.165) is 30.6 Å². The number of carbonyl (C=O) groups is 2. The van der Waals surface area contributed by atoms with E-state index < -0.39 is 5.41 Å². The van der Waals surface area contributed by atoms with E-state index in [9.17, 15) is 9.59 Å². The van der Waals surface area contributed by atoms with Gasteiger partial charge in [0.2, 0.25) is 5.91 Å². The zero-order valence-electron chi connectivity index (χ0n) is 19.1. The van der Waals surface area contributed by atoms with Gasteiger partial charge in [-0.05, 0) is 55.9 Å². The number of allylic oxidation sites excluding steroid dienone is 1. The SMILES string of the molecule is Cc1ccn2cc(C(=O)N3CCC4(CC=CCN(CCc5ccccc5)C4=O)CC3)nc2c1. The highest BCUT2D eigenvalue weighted by Gasteiger charge is 2.44. The van der Waals surface area contributed by atoms with Crippen molar-refractivity contribution in [3.05, 3.63) is 83.8 Å². The van der Waals surface area contributed by atoms with Crippen LogP contribution < -0.4 is 0 Å². The number of fused-ring (bicyclic) bond motifs is 1. The van der Waals surface area contributed by atoms with Crippen molar-refractivity contribution in [2.24, 2.45) is 5.41 Å². The normalized spacial score (nSPS) is 18.2. The van der Waals surface area contributed by atoms with Crippen molar-refractivity contribution in [2.45, 2.75) is 32.6 Å². The van der Waals surface area contributed by atoms with Crippen LogP contribution in [0.2, 0.25) is 0 Å². The van der Waals surface area contributed by atoms with E-state index in [1.807, 2.05) is 57.7 Å². The zero-order valence-corrected chi connectivity index (χ0v) is 19.1. The van der Waals surface area contributed by atoms with E-state index in [0.29, 0.717) is 38.2 Å². The molecule has 33 heavy (non-hydrogen) atoms. The molecule has 1 spiro atoms. The molecule has 0 saturated carbocycles. The Morgan fingerprint density at radius 2 is 1.88 bits per heavy atom. The fraction of sp³-hybridized carbons (Fsp3) is 0.370. The number of aromatic nitrogens is 2. The van der Waals surface area contributed by atoms with Gasteiger partial charge >= 0.3 is 0 Å². The number of rotatable bonds is 4. The number of hydrogen-bond acceptors (Lipinski definition) is 3. The lowest BCUT2D eigenvalue weighted by atomic mass is 9.74. The quantitative estimate of drug-likeness (QED) is 0.576. The van der Waals surface area contributed by atoms with Crippen LogP contribution in [-0.2, 0) is 11.2 Å². The van der Waals surface area contributed by atoms with E-state index in [2.05, 4.69) is 29.3 Å². The lowest BCUT2D eigenvalue weighted by Gasteiger charge is -2.41. The average molecular weight is 443 g/mol. The highest BCUT2D eigenvalue weighted by molar-refractivity contribution is 5.93. The molecule has 0 N–H and O–H groups in total. The Bertz CT molecular complexity index is 1190. The maximum Gasteiger partial charge on any atom is 0.274 e. The number of imidazole rings is 1. The van der Waals surface area contributed by atoms with Gasteiger partial charge in [0.05, 0.1) is 5.41 Å². The molecule has 6 nitrogen and oxygen atoms in total. The molecule has 0 aliphatic carbocycles. The molecule has 5 rings (SSSR count). The minimum atomic E-state index is -0.406. The third-order valence-electron chi connectivity index (χ3n) is 7.10. The summed E-state index contributed by atoms with van der Waals surface area (Å²) < 4.78 is 1.88. The summed E-state index contributed by atoms with van der Waals surface area (Å²) in [4.78, 5) is 35.1. The Morgan fingerprint density at radius 1 is 1.09 bits per heavy atom. The number of benzene rings is 1. The first-order valence-electron chi connectivity index (χ1n) is 11.8. The average Bonchev–Trinajstić information content (AvgIpc) is 3.20. The molecule has 4 heterocycles. The van der Waals surface area contributed by atoms with E-state index in [-0.39, 0.29) is 11.8 Å². The summed E-state index contributed by atoms with van der Waals surface area (Å²) in [5, 5.41) is 0. The van der Waals surface area contributed by atoms with Crippen LogP contribution in [0.25, 0.3) is 5.65 Å². The number of pyridine rings is 1. The lowest BCUT2D eigenvalue weighted by Crippen LogP contribution is -2.51. The molecule has 3 aromatic rings. The van der Waals surface area contributed by atoms with E-state index >= 15 is 0 Å². The van der Waals surface area contributed by atoms with Crippen LogP contribution in [-0.4, -0.2) is 57.2 Å². The van der Waals surface area contributed by atoms with Crippen LogP contribution in [0.1, 0.15) is 40.9 Å².